The zero-order chi connectivity index (χ0) is 11.5. The highest BCUT2D eigenvalue weighted by Gasteiger charge is 2.52. The van der Waals surface area contributed by atoms with Crippen molar-refractivity contribution >= 4 is 0 Å². The van der Waals surface area contributed by atoms with Gasteiger partial charge in [-0.15, -0.1) is 0 Å². The first-order valence-corrected chi connectivity index (χ1v) is 6.73. The van der Waals surface area contributed by atoms with Gasteiger partial charge in [-0.1, -0.05) is 0 Å². The van der Waals surface area contributed by atoms with Gasteiger partial charge in [-0.2, -0.15) is 5.26 Å². The maximum absolute atomic E-state index is 9.18. The molecule has 4 fully saturated rings. The van der Waals surface area contributed by atoms with Crippen molar-refractivity contribution in [1.29, 1.82) is 5.26 Å². The molecule has 1 aromatic heterocycles. The summed E-state index contributed by atoms with van der Waals surface area (Å²) >= 11 is 0. The van der Waals surface area contributed by atoms with Crippen molar-refractivity contribution in [1.82, 2.24) is 9.55 Å². The van der Waals surface area contributed by atoms with Gasteiger partial charge in [0.2, 0.25) is 5.82 Å². The van der Waals surface area contributed by atoms with Crippen LogP contribution in [0.4, 0.5) is 0 Å². The second kappa shape index (κ2) is 3.13. The van der Waals surface area contributed by atoms with Gasteiger partial charge in [0.15, 0.2) is 0 Å². The summed E-state index contributed by atoms with van der Waals surface area (Å²) in [5.74, 6) is 3.35. The first-order chi connectivity index (χ1) is 8.29. The molecule has 4 aliphatic rings. The molecule has 4 bridgehead atoms. The lowest BCUT2D eigenvalue weighted by Crippen LogP contribution is -2.52. The summed E-state index contributed by atoms with van der Waals surface area (Å²) in [4.78, 5) is 4.19. The summed E-state index contributed by atoms with van der Waals surface area (Å²) in [5, 5.41) is 9.18. The van der Waals surface area contributed by atoms with E-state index in [-0.39, 0.29) is 5.54 Å². The van der Waals surface area contributed by atoms with E-state index in [0.29, 0.717) is 5.82 Å². The minimum absolute atomic E-state index is 0.246. The van der Waals surface area contributed by atoms with Crippen molar-refractivity contribution in [3.63, 3.8) is 0 Å². The maximum atomic E-state index is 9.18. The molecule has 1 aromatic rings. The Morgan fingerprint density at radius 2 is 1.76 bits per heavy atom. The molecule has 5 rings (SSSR count). The third-order valence-electron chi connectivity index (χ3n) is 5.26. The molecular formula is C14H17N3. The minimum Gasteiger partial charge on any atom is -0.317 e. The fourth-order valence-corrected chi connectivity index (χ4v) is 5.13. The van der Waals surface area contributed by atoms with Crippen molar-refractivity contribution in [2.45, 2.75) is 44.1 Å². The standard InChI is InChI=1S/C14H17N3/c15-9-13-16-1-2-17(13)14-6-10-3-11(7-14)5-12(4-10)8-14/h1-2,10-12H,3-8H2. The topological polar surface area (TPSA) is 41.6 Å². The van der Waals surface area contributed by atoms with Gasteiger partial charge in [0, 0.05) is 17.9 Å². The Kier molecular flexibility index (Phi) is 1.79. The molecule has 0 saturated heterocycles. The molecule has 3 nitrogen and oxygen atoms in total. The van der Waals surface area contributed by atoms with Gasteiger partial charge in [0.1, 0.15) is 6.07 Å². The van der Waals surface area contributed by atoms with Crippen LogP contribution in [0.5, 0.6) is 0 Å². The van der Waals surface area contributed by atoms with Crippen LogP contribution >= 0.6 is 0 Å². The Hall–Kier alpha value is -1.30. The molecule has 0 radical (unpaired) electrons. The molecule has 0 spiro atoms. The smallest absolute Gasteiger partial charge is 0.213 e. The summed E-state index contributed by atoms with van der Waals surface area (Å²) in [5.41, 5.74) is 0.246. The summed E-state index contributed by atoms with van der Waals surface area (Å²) in [6.07, 6.45) is 12.0. The quantitative estimate of drug-likeness (QED) is 0.740. The van der Waals surface area contributed by atoms with Crippen LogP contribution in [-0.4, -0.2) is 9.55 Å². The molecule has 0 aliphatic heterocycles. The lowest BCUT2D eigenvalue weighted by Gasteiger charge is -2.57. The fraction of sp³-hybridized carbons (Fsp3) is 0.714. The first-order valence-electron chi connectivity index (χ1n) is 6.73. The van der Waals surface area contributed by atoms with Crippen LogP contribution in [0.15, 0.2) is 12.4 Å². The molecular weight excluding hydrogens is 210 g/mol. The van der Waals surface area contributed by atoms with Crippen molar-refractivity contribution < 1.29 is 0 Å². The van der Waals surface area contributed by atoms with E-state index in [4.69, 9.17) is 0 Å². The average Bonchev–Trinajstić information content (AvgIpc) is 2.75. The molecule has 0 unspecified atom stereocenters. The summed E-state index contributed by atoms with van der Waals surface area (Å²) in [7, 11) is 0. The van der Waals surface area contributed by atoms with Crippen LogP contribution in [0, 0.1) is 29.1 Å². The molecule has 17 heavy (non-hydrogen) atoms. The predicted molar refractivity (Wildman–Crippen MR) is 63.1 cm³/mol. The van der Waals surface area contributed by atoms with Crippen LogP contribution in [0.3, 0.4) is 0 Å². The molecule has 0 N–H and O–H groups in total. The fourth-order valence-electron chi connectivity index (χ4n) is 5.13. The van der Waals surface area contributed by atoms with E-state index in [2.05, 4.69) is 15.6 Å². The van der Waals surface area contributed by atoms with E-state index in [0.717, 1.165) is 17.8 Å². The number of hydrogen-bond donors (Lipinski definition) is 0. The Balaban J connectivity index is 1.80. The Bertz CT molecular complexity index is 459. The number of rotatable bonds is 1. The third kappa shape index (κ3) is 1.24. The van der Waals surface area contributed by atoms with E-state index in [1.807, 2.05) is 6.20 Å². The molecule has 1 heterocycles. The van der Waals surface area contributed by atoms with Gasteiger partial charge in [-0.3, -0.25) is 0 Å². The van der Waals surface area contributed by atoms with Crippen LogP contribution in [0.1, 0.15) is 44.3 Å². The van der Waals surface area contributed by atoms with E-state index in [1.165, 1.54) is 38.5 Å². The van der Waals surface area contributed by atoms with Gasteiger partial charge >= 0.3 is 0 Å². The van der Waals surface area contributed by atoms with Gasteiger partial charge < -0.3 is 4.57 Å². The molecule has 88 valence electrons. The summed E-state index contributed by atoms with van der Waals surface area (Å²) in [6, 6.07) is 2.25. The zero-order valence-corrected chi connectivity index (χ0v) is 9.97. The summed E-state index contributed by atoms with van der Waals surface area (Å²) < 4.78 is 2.21. The average molecular weight is 227 g/mol. The molecule has 4 saturated carbocycles. The minimum atomic E-state index is 0.246. The van der Waals surface area contributed by atoms with E-state index in [1.54, 1.807) is 6.20 Å². The largest absolute Gasteiger partial charge is 0.317 e. The highest BCUT2D eigenvalue weighted by Crippen LogP contribution is 2.58. The van der Waals surface area contributed by atoms with Crippen molar-refractivity contribution in [2.75, 3.05) is 0 Å². The maximum Gasteiger partial charge on any atom is 0.213 e. The summed E-state index contributed by atoms with van der Waals surface area (Å²) in [6.45, 7) is 0. The number of hydrogen-bond acceptors (Lipinski definition) is 2. The van der Waals surface area contributed by atoms with Gasteiger partial charge in [-0.25, -0.2) is 4.98 Å². The van der Waals surface area contributed by atoms with Gasteiger partial charge in [0.25, 0.3) is 0 Å². The highest BCUT2D eigenvalue weighted by molar-refractivity contribution is 5.17. The zero-order valence-electron chi connectivity index (χ0n) is 9.97. The SMILES string of the molecule is N#Cc1nccn1C12CC3CC(CC(C3)C1)C2. The van der Waals surface area contributed by atoms with Crippen LogP contribution < -0.4 is 0 Å². The molecule has 4 aliphatic carbocycles. The Morgan fingerprint density at radius 1 is 1.18 bits per heavy atom. The van der Waals surface area contributed by atoms with E-state index in [9.17, 15) is 5.26 Å². The number of nitrogens with zero attached hydrogens (tertiary/aromatic N) is 3. The lowest BCUT2D eigenvalue weighted by molar-refractivity contribution is -0.0435. The number of imidazole rings is 1. The van der Waals surface area contributed by atoms with Crippen molar-refractivity contribution in [3.8, 4) is 6.07 Å². The van der Waals surface area contributed by atoms with Crippen LogP contribution in [-0.2, 0) is 5.54 Å². The van der Waals surface area contributed by atoms with E-state index < -0.39 is 0 Å². The second-order valence-corrected chi connectivity index (χ2v) is 6.37. The van der Waals surface area contributed by atoms with Crippen LogP contribution in [0.25, 0.3) is 0 Å². The highest BCUT2D eigenvalue weighted by atomic mass is 15.1. The number of nitriles is 1. The van der Waals surface area contributed by atoms with Crippen molar-refractivity contribution in [2.24, 2.45) is 17.8 Å². The third-order valence-corrected chi connectivity index (χ3v) is 5.26. The molecule has 0 aromatic carbocycles. The lowest BCUT2D eigenvalue weighted by atomic mass is 9.53. The second-order valence-electron chi connectivity index (χ2n) is 6.37. The Labute approximate surface area is 101 Å². The monoisotopic (exact) mass is 227 g/mol. The predicted octanol–water partition coefficient (Wildman–Crippen LogP) is 2.68. The molecule has 3 heteroatoms. The molecule has 0 amide bonds. The Morgan fingerprint density at radius 3 is 2.29 bits per heavy atom. The number of aromatic nitrogens is 2. The molecule has 0 atom stereocenters. The van der Waals surface area contributed by atoms with Gasteiger partial charge in [-0.05, 0) is 56.3 Å². The first kappa shape index (κ1) is 9.70. The van der Waals surface area contributed by atoms with Gasteiger partial charge in [0.05, 0.1) is 0 Å². The van der Waals surface area contributed by atoms with Crippen LogP contribution in [0.2, 0.25) is 0 Å². The van der Waals surface area contributed by atoms with Crippen molar-refractivity contribution in [3.05, 3.63) is 18.2 Å². The van der Waals surface area contributed by atoms with E-state index >= 15 is 0 Å². The normalized spacial score (nSPS) is 42.6.